The van der Waals surface area contributed by atoms with Gasteiger partial charge in [0.25, 0.3) is 0 Å². The summed E-state index contributed by atoms with van der Waals surface area (Å²) in [7, 11) is 4.32. The smallest absolute Gasteiger partial charge is 0.231 e. The van der Waals surface area contributed by atoms with Crippen LogP contribution < -0.4 is 9.47 Å². The predicted octanol–water partition coefficient (Wildman–Crippen LogP) is 4.42. The van der Waals surface area contributed by atoms with Gasteiger partial charge in [-0.2, -0.15) is 0 Å². The van der Waals surface area contributed by atoms with Gasteiger partial charge in [-0.05, 0) is 50.3 Å². The molecule has 2 aromatic carbocycles. The Morgan fingerprint density at radius 2 is 1.86 bits per heavy atom. The predicted molar refractivity (Wildman–Crippen MR) is 116 cm³/mol. The molecule has 2 aliphatic heterocycles. The lowest BCUT2D eigenvalue weighted by Gasteiger charge is -2.21. The molecule has 0 aliphatic carbocycles. The molecule has 150 valence electrons. The molecule has 5 nitrogen and oxygen atoms in total. The van der Waals surface area contributed by atoms with Crippen molar-refractivity contribution < 1.29 is 9.47 Å². The number of ether oxygens (including phenoxy) is 2. The maximum Gasteiger partial charge on any atom is 0.231 e. The van der Waals surface area contributed by atoms with Gasteiger partial charge in [0.1, 0.15) is 0 Å². The van der Waals surface area contributed by atoms with E-state index in [9.17, 15) is 0 Å². The fourth-order valence-corrected chi connectivity index (χ4v) is 4.33. The number of nitrogens with zero attached hydrogens (tertiary/aromatic N) is 3. The molecule has 2 aliphatic rings. The van der Waals surface area contributed by atoms with Crippen LogP contribution >= 0.6 is 11.6 Å². The summed E-state index contributed by atoms with van der Waals surface area (Å²) in [5, 5.41) is 1.80. The first-order valence-electron chi connectivity index (χ1n) is 9.95. The molecule has 1 fully saturated rings. The highest BCUT2D eigenvalue weighted by molar-refractivity contribution is 6.30. The fraction of sp³-hybridized carbons (Fsp3) is 0.348. The van der Waals surface area contributed by atoms with E-state index in [2.05, 4.69) is 30.0 Å². The number of benzene rings is 2. The van der Waals surface area contributed by atoms with Crippen LogP contribution in [-0.4, -0.2) is 54.8 Å². The van der Waals surface area contributed by atoms with E-state index >= 15 is 0 Å². The van der Waals surface area contributed by atoms with Gasteiger partial charge in [-0.1, -0.05) is 23.7 Å². The summed E-state index contributed by atoms with van der Waals surface area (Å²) in [6.45, 7) is 3.32. The van der Waals surface area contributed by atoms with Crippen LogP contribution in [0.5, 0.6) is 11.5 Å². The summed E-state index contributed by atoms with van der Waals surface area (Å²) in [4.78, 5) is 9.87. The van der Waals surface area contributed by atoms with E-state index in [0.29, 0.717) is 6.04 Å². The van der Waals surface area contributed by atoms with Gasteiger partial charge < -0.3 is 14.4 Å². The van der Waals surface area contributed by atoms with E-state index in [1.165, 1.54) is 12.0 Å². The summed E-state index contributed by atoms with van der Waals surface area (Å²) < 4.78 is 11.1. The zero-order chi connectivity index (χ0) is 20.0. The Bertz CT molecular complexity index is 1050. The van der Waals surface area contributed by atoms with Crippen LogP contribution in [0.4, 0.5) is 0 Å². The number of pyridine rings is 1. The largest absolute Gasteiger partial charge is 0.454 e. The average molecular weight is 410 g/mol. The second-order valence-electron chi connectivity index (χ2n) is 8.04. The lowest BCUT2D eigenvalue weighted by atomic mass is 10.0. The fourth-order valence-electron chi connectivity index (χ4n) is 4.20. The highest BCUT2D eigenvalue weighted by atomic mass is 35.5. The average Bonchev–Trinajstić information content (AvgIpc) is 3.35. The number of rotatable bonds is 4. The van der Waals surface area contributed by atoms with Crippen molar-refractivity contribution in [2.45, 2.75) is 19.0 Å². The Morgan fingerprint density at radius 3 is 2.59 bits per heavy atom. The SMILES string of the molecule is CN(C)C1CCN(Cc2cc3cc4c(cc3nc2-c2ccc(Cl)cc2)OCO4)C1. The van der Waals surface area contributed by atoms with E-state index < -0.39 is 0 Å². The third-order valence-corrected chi connectivity index (χ3v) is 6.13. The van der Waals surface area contributed by atoms with Crippen LogP contribution in [0.15, 0.2) is 42.5 Å². The van der Waals surface area contributed by atoms with Crippen molar-refractivity contribution in [2.75, 3.05) is 34.0 Å². The topological polar surface area (TPSA) is 37.8 Å². The summed E-state index contributed by atoms with van der Waals surface area (Å²) in [6.07, 6.45) is 1.20. The number of aromatic nitrogens is 1. The Labute approximate surface area is 175 Å². The molecule has 0 saturated carbocycles. The molecule has 3 heterocycles. The van der Waals surface area contributed by atoms with Crippen LogP contribution in [0.1, 0.15) is 12.0 Å². The van der Waals surface area contributed by atoms with E-state index in [4.69, 9.17) is 26.1 Å². The molecule has 0 bridgehead atoms. The maximum absolute atomic E-state index is 6.12. The standard InChI is InChI=1S/C23H24ClN3O2/c1-26(2)19-7-8-27(13-19)12-17-9-16-10-21-22(29-14-28-21)11-20(16)25-23(17)15-3-5-18(24)6-4-15/h3-6,9-11,19H,7-8,12-14H2,1-2H3. The second-order valence-corrected chi connectivity index (χ2v) is 8.48. The summed E-state index contributed by atoms with van der Waals surface area (Å²) in [5.74, 6) is 1.55. The van der Waals surface area contributed by atoms with Gasteiger partial charge in [-0.25, -0.2) is 4.98 Å². The minimum absolute atomic E-state index is 0.266. The monoisotopic (exact) mass is 409 g/mol. The third kappa shape index (κ3) is 3.66. The zero-order valence-corrected chi connectivity index (χ0v) is 17.4. The van der Waals surface area contributed by atoms with Crippen LogP contribution in [0, 0.1) is 0 Å². The Morgan fingerprint density at radius 1 is 1.10 bits per heavy atom. The first-order valence-corrected chi connectivity index (χ1v) is 10.3. The molecule has 1 atom stereocenters. The van der Waals surface area contributed by atoms with Gasteiger partial charge in [0.2, 0.25) is 6.79 Å². The van der Waals surface area contributed by atoms with Crippen molar-refractivity contribution in [2.24, 2.45) is 0 Å². The Hall–Kier alpha value is -2.34. The third-order valence-electron chi connectivity index (χ3n) is 5.88. The first-order chi connectivity index (χ1) is 14.1. The Kier molecular flexibility index (Phi) is 4.82. The minimum Gasteiger partial charge on any atom is -0.454 e. The van der Waals surface area contributed by atoms with Crippen molar-refractivity contribution >= 4 is 22.5 Å². The summed E-state index contributed by atoms with van der Waals surface area (Å²) in [6, 6.07) is 14.8. The van der Waals surface area contributed by atoms with E-state index in [-0.39, 0.29) is 6.79 Å². The summed E-state index contributed by atoms with van der Waals surface area (Å²) in [5.41, 5.74) is 4.21. The number of halogens is 1. The van der Waals surface area contributed by atoms with Gasteiger partial charge in [0.05, 0.1) is 11.2 Å². The van der Waals surface area contributed by atoms with Crippen LogP contribution in [-0.2, 0) is 6.54 Å². The molecule has 0 spiro atoms. The molecule has 1 saturated heterocycles. The van der Waals surface area contributed by atoms with Crippen LogP contribution in [0.3, 0.4) is 0 Å². The number of likely N-dealkylation sites (tertiary alicyclic amines) is 1. The second kappa shape index (κ2) is 7.48. The molecular formula is C23H24ClN3O2. The molecule has 29 heavy (non-hydrogen) atoms. The molecule has 3 aromatic rings. The molecule has 6 heteroatoms. The number of hydrogen-bond acceptors (Lipinski definition) is 5. The molecule has 1 unspecified atom stereocenters. The molecular weight excluding hydrogens is 386 g/mol. The Balaban J connectivity index is 1.57. The van der Waals surface area contributed by atoms with Crippen LogP contribution in [0.25, 0.3) is 22.2 Å². The normalized spacial score (nSPS) is 18.8. The van der Waals surface area contributed by atoms with Crippen molar-refractivity contribution in [3.8, 4) is 22.8 Å². The highest BCUT2D eigenvalue weighted by Gasteiger charge is 2.25. The molecule has 0 amide bonds. The van der Waals surface area contributed by atoms with Crippen molar-refractivity contribution in [1.29, 1.82) is 0 Å². The maximum atomic E-state index is 6.12. The first kappa shape index (κ1) is 18.7. The lowest BCUT2D eigenvalue weighted by molar-refractivity contribution is 0.174. The van der Waals surface area contributed by atoms with Crippen LogP contribution in [0.2, 0.25) is 5.02 Å². The number of likely N-dealkylation sites (N-methyl/N-ethyl adjacent to an activating group) is 1. The lowest BCUT2D eigenvalue weighted by Crippen LogP contribution is -2.31. The van der Waals surface area contributed by atoms with Crippen molar-refractivity contribution in [3.05, 3.63) is 53.1 Å². The van der Waals surface area contributed by atoms with Gasteiger partial charge in [-0.15, -0.1) is 0 Å². The summed E-state index contributed by atoms with van der Waals surface area (Å²) >= 11 is 6.12. The van der Waals surface area contributed by atoms with Crippen molar-refractivity contribution in [3.63, 3.8) is 0 Å². The van der Waals surface area contributed by atoms with E-state index in [1.807, 2.05) is 36.4 Å². The van der Waals surface area contributed by atoms with E-state index in [0.717, 1.165) is 58.3 Å². The van der Waals surface area contributed by atoms with Gasteiger partial charge in [-0.3, -0.25) is 4.90 Å². The van der Waals surface area contributed by atoms with Gasteiger partial charge in [0.15, 0.2) is 11.5 Å². The molecule has 0 radical (unpaired) electrons. The van der Waals surface area contributed by atoms with E-state index in [1.54, 1.807) is 0 Å². The minimum atomic E-state index is 0.266. The highest BCUT2D eigenvalue weighted by Crippen LogP contribution is 2.37. The quantitative estimate of drug-likeness (QED) is 0.637. The number of hydrogen-bond donors (Lipinski definition) is 0. The molecule has 0 N–H and O–H groups in total. The number of fused-ring (bicyclic) bond motifs is 2. The molecule has 1 aromatic heterocycles. The zero-order valence-electron chi connectivity index (χ0n) is 16.7. The van der Waals surface area contributed by atoms with Gasteiger partial charge in [0, 0.05) is 47.7 Å². The molecule has 5 rings (SSSR count). The van der Waals surface area contributed by atoms with Gasteiger partial charge >= 0.3 is 0 Å². The van der Waals surface area contributed by atoms with Crippen molar-refractivity contribution in [1.82, 2.24) is 14.8 Å².